The van der Waals surface area contributed by atoms with Crippen LogP contribution in [0.2, 0.25) is 0 Å². The Balaban J connectivity index is 1.60. The second-order valence-corrected chi connectivity index (χ2v) is 8.23. The average Bonchev–Trinajstić information content (AvgIpc) is 3.49. The zero-order valence-electron chi connectivity index (χ0n) is 16.4. The second kappa shape index (κ2) is 8.80. The molecular weight excluding hydrogens is 432 g/mol. The summed E-state index contributed by atoms with van der Waals surface area (Å²) in [5.41, 5.74) is -2.31. The second-order valence-electron chi connectivity index (χ2n) is 7.25. The van der Waals surface area contributed by atoms with Crippen LogP contribution in [0.1, 0.15) is 39.8 Å². The first-order valence-corrected chi connectivity index (χ1v) is 10.7. The van der Waals surface area contributed by atoms with Crippen LogP contribution in [0.3, 0.4) is 0 Å². The fourth-order valence-electron chi connectivity index (χ4n) is 3.82. The fourth-order valence-corrected chi connectivity index (χ4v) is 4.68. The van der Waals surface area contributed by atoms with E-state index < -0.39 is 29.2 Å². The molecule has 1 saturated heterocycles. The number of hydrogen-bond donors (Lipinski definition) is 1. The molecule has 1 aliphatic heterocycles. The van der Waals surface area contributed by atoms with E-state index in [1.807, 2.05) is 17.5 Å². The predicted molar refractivity (Wildman–Crippen MR) is 109 cm³/mol. The summed E-state index contributed by atoms with van der Waals surface area (Å²) in [6.45, 7) is 1.91. The summed E-state index contributed by atoms with van der Waals surface area (Å²) < 4.78 is 56.0. The number of carbonyl (C=O) groups excluding carboxylic acids is 1. The van der Waals surface area contributed by atoms with E-state index in [1.165, 1.54) is 18.2 Å². The molecule has 3 aromatic rings. The highest BCUT2D eigenvalue weighted by molar-refractivity contribution is 7.10. The van der Waals surface area contributed by atoms with Crippen molar-refractivity contribution in [2.45, 2.75) is 25.1 Å². The Hall–Kier alpha value is -2.72. The number of halogens is 4. The number of benzene rings is 1. The van der Waals surface area contributed by atoms with Crippen molar-refractivity contribution in [3.63, 3.8) is 0 Å². The number of aromatic nitrogens is 2. The molecule has 31 heavy (non-hydrogen) atoms. The quantitative estimate of drug-likeness (QED) is 0.554. The van der Waals surface area contributed by atoms with Gasteiger partial charge in [0.15, 0.2) is 5.69 Å². The molecule has 1 N–H and O–H groups in total. The Morgan fingerprint density at radius 2 is 1.90 bits per heavy atom. The third-order valence-electron chi connectivity index (χ3n) is 5.27. The van der Waals surface area contributed by atoms with Gasteiger partial charge in [0.25, 0.3) is 5.91 Å². The topological polar surface area (TPSA) is 50.2 Å². The number of rotatable bonds is 6. The van der Waals surface area contributed by atoms with Gasteiger partial charge >= 0.3 is 6.18 Å². The number of amides is 1. The smallest absolute Gasteiger partial charge is 0.350 e. The van der Waals surface area contributed by atoms with Crippen LogP contribution >= 0.6 is 11.3 Å². The maximum absolute atomic E-state index is 14.1. The summed E-state index contributed by atoms with van der Waals surface area (Å²) in [4.78, 5) is 16.0. The SMILES string of the molecule is O=C(NCC(c1cccs1)N1CCCC1)c1cnn(-c2ccccc2F)c1C(F)(F)F. The minimum absolute atomic E-state index is 0.109. The van der Waals surface area contributed by atoms with E-state index in [4.69, 9.17) is 0 Å². The molecule has 0 saturated carbocycles. The van der Waals surface area contributed by atoms with Gasteiger partial charge in [0.1, 0.15) is 11.5 Å². The fraction of sp³-hybridized carbons (Fsp3) is 0.333. The number of nitrogens with zero attached hydrogens (tertiary/aromatic N) is 3. The standard InChI is InChI=1S/C21H20F4N4OS/c22-15-6-1-2-7-16(15)29-19(21(23,24)25)14(12-27-29)20(30)26-13-17(18-8-5-11-31-18)28-9-3-4-10-28/h1-2,5-8,11-12,17H,3-4,9-10,13H2,(H,26,30). The van der Waals surface area contributed by atoms with Crippen molar-refractivity contribution in [1.82, 2.24) is 20.0 Å². The molecule has 3 heterocycles. The summed E-state index contributed by atoms with van der Waals surface area (Å²) in [5.74, 6) is -1.76. The normalized spacial score (nSPS) is 15.9. The van der Waals surface area contributed by atoms with E-state index in [2.05, 4.69) is 15.3 Å². The van der Waals surface area contributed by atoms with Gasteiger partial charge in [-0.15, -0.1) is 11.3 Å². The molecule has 0 bridgehead atoms. The van der Waals surface area contributed by atoms with Crippen molar-refractivity contribution >= 4 is 17.2 Å². The van der Waals surface area contributed by atoms with E-state index in [1.54, 1.807) is 11.3 Å². The van der Waals surface area contributed by atoms with E-state index in [0.717, 1.165) is 43.1 Å². The van der Waals surface area contributed by atoms with Crippen LogP contribution in [0.25, 0.3) is 5.69 Å². The van der Waals surface area contributed by atoms with Gasteiger partial charge in [-0.1, -0.05) is 18.2 Å². The minimum atomic E-state index is -4.90. The van der Waals surface area contributed by atoms with Crippen molar-refractivity contribution in [2.24, 2.45) is 0 Å². The van der Waals surface area contributed by atoms with Gasteiger partial charge in [-0.3, -0.25) is 9.69 Å². The van der Waals surface area contributed by atoms with Crippen LogP contribution < -0.4 is 5.32 Å². The first-order valence-electron chi connectivity index (χ1n) is 9.82. The van der Waals surface area contributed by atoms with Crippen molar-refractivity contribution in [1.29, 1.82) is 0 Å². The van der Waals surface area contributed by atoms with E-state index in [9.17, 15) is 22.4 Å². The third-order valence-corrected chi connectivity index (χ3v) is 6.25. The summed E-state index contributed by atoms with van der Waals surface area (Å²) in [5, 5.41) is 8.24. The summed E-state index contributed by atoms with van der Waals surface area (Å²) in [7, 11) is 0. The van der Waals surface area contributed by atoms with E-state index >= 15 is 0 Å². The van der Waals surface area contributed by atoms with Gasteiger partial charge in [0.05, 0.1) is 17.8 Å². The summed E-state index contributed by atoms with van der Waals surface area (Å²) in [6, 6.07) is 8.75. The lowest BCUT2D eigenvalue weighted by molar-refractivity contribution is -0.143. The summed E-state index contributed by atoms with van der Waals surface area (Å²) in [6.07, 6.45) is -1.97. The molecule has 1 atom stereocenters. The predicted octanol–water partition coefficient (Wildman–Crippen LogP) is 4.66. The minimum Gasteiger partial charge on any atom is -0.350 e. The van der Waals surface area contributed by atoms with Crippen molar-refractivity contribution < 1.29 is 22.4 Å². The molecule has 1 aliphatic rings. The van der Waals surface area contributed by atoms with Crippen LogP contribution in [0.4, 0.5) is 17.6 Å². The molecule has 0 aliphatic carbocycles. The molecule has 1 aromatic carbocycles. The molecule has 1 fully saturated rings. The molecule has 1 amide bonds. The molecule has 0 radical (unpaired) electrons. The maximum Gasteiger partial charge on any atom is 0.434 e. The molecule has 0 spiro atoms. The van der Waals surface area contributed by atoms with E-state index in [-0.39, 0.29) is 18.3 Å². The lowest BCUT2D eigenvalue weighted by Gasteiger charge is -2.27. The van der Waals surface area contributed by atoms with Gasteiger partial charge < -0.3 is 5.32 Å². The van der Waals surface area contributed by atoms with Gasteiger partial charge in [-0.2, -0.15) is 18.3 Å². The van der Waals surface area contributed by atoms with Gasteiger partial charge in [0.2, 0.25) is 0 Å². The molecule has 2 aromatic heterocycles. The van der Waals surface area contributed by atoms with Gasteiger partial charge in [0, 0.05) is 11.4 Å². The molecule has 1 unspecified atom stereocenters. The zero-order chi connectivity index (χ0) is 22.0. The molecule has 4 rings (SSSR count). The third kappa shape index (κ3) is 4.49. The van der Waals surface area contributed by atoms with Crippen LogP contribution in [-0.2, 0) is 6.18 Å². The number of carbonyl (C=O) groups is 1. The Bertz CT molecular complexity index is 1040. The van der Waals surface area contributed by atoms with Crippen molar-refractivity contribution in [2.75, 3.05) is 19.6 Å². The van der Waals surface area contributed by atoms with Crippen LogP contribution in [0.5, 0.6) is 0 Å². The number of nitrogens with one attached hydrogen (secondary N) is 1. The Labute approximate surface area is 180 Å². The average molecular weight is 452 g/mol. The van der Waals surface area contributed by atoms with Crippen LogP contribution in [0, 0.1) is 5.82 Å². The number of para-hydroxylation sites is 1. The number of alkyl halides is 3. The number of thiophene rings is 1. The molecule has 10 heteroatoms. The number of likely N-dealkylation sites (tertiary alicyclic amines) is 1. The first kappa shape index (κ1) is 21.5. The molecular formula is C21H20F4N4OS. The lowest BCUT2D eigenvalue weighted by Crippen LogP contribution is -2.37. The molecule has 5 nitrogen and oxygen atoms in total. The molecule has 164 valence electrons. The Kier molecular flexibility index (Phi) is 6.10. The Morgan fingerprint density at radius 1 is 1.16 bits per heavy atom. The van der Waals surface area contributed by atoms with E-state index in [0.29, 0.717) is 4.68 Å². The Morgan fingerprint density at radius 3 is 2.55 bits per heavy atom. The van der Waals surface area contributed by atoms with Gasteiger partial charge in [-0.05, 0) is 49.5 Å². The highest BCUT2D eigenvalue weighted by atomic mass is 32.1. The monoisotopic (exact) mass is 452 g/mol. The zero-order valence-corrected chi connectivity index (χ0v) is 17.2. The van der Waals surface area contributed by atoms with Crippen LogP contribution in [-0.4, -0.2) is 40.2 Å². The van der Waals surface area contributed by atoms with Crippen molar-refractivity contribution in [3.05, 3.63) is 69.9 Å². The highest BCUT2D eigenvalue weighted by Gasteiger charge is 2.41. The van der Waals surface area contributed by atoms with Crippen molar-refractivity contribution in [3.8, 4) is 5.69 Å². The lowest BCUT2D eigenvalue weighted by atomic mass is 10.1. The first-order chi connectivity index (χ1) is 14.9. The maximum atomic E-state index is 14.1. The number of hydrogen-bond acceptors (Lipinski definition) is 4. The van der Waals surface area contributed by atoms with Gasteiger partial charge in [-0.25, -0.2) is 9.07 Å². The summed E-state index contributed by atoms with van der Waals surface area (Å²) >= 11 is 1.54. The highest BCUT2D eigenvalue weighted by Crippen LogP contribution is 2.34. The van der Waals surface area contributed by atoms with Crippen LogP contribution in [0.15, 0.2) is 48.0 Å². The largest absolute Gasteiger partial charge is 0.434 e.